The summed E-state index contributed by atoms with van der Waals surface area (Å²) in [6, 6.07) is 14.8. The number of rotatable bonds is 6. The third-order valence-electron chi connectivity index (χ3n) is 4.45. The van der Waals surface area contributed by atoms with Gasteiger partial charge in [0.25, 0.3) is 0 Å². The third-order valence-corrected chi connectivity index (χ3v) is 4.98. The summed E-state index contributed by atoms with van der Waals surface area (Å²) in [5, 5.41) is 4.27. The van der Waals surface area contributed by atoms with E-state index < -0.39 is 12.0 Å². The molecule has 0 aliphatic heterocycles. The highest BCUT2D eigenvalue weighted by Crippen LogP contribution is 2.21. The van der Waals surface area contributed by atoms with Crippen LogP contribution in [0.2, 0.25) is 0 Å². The molecule has 0 aromatic heterocycles. The maximum absolute atomic E-state index is 12.7. The van der Waals surface area contributed by atoms with E-state index in [0.717, 1.165) is 27.6 Å². The zero-order valence-electron chi connectivity index (χ0n) is 15.1. The van der Waals surface area contributed by atoms with Crippen molar-refractivity contribution in [3.8, 4) is 0 Å². The van der Waals surface area contributed by atoms with Crippen molar-refractivity contribution in [2.75, 3.05) is 6.61 Å². The number of esters is 1. The summed E-state index contributed by atoms with van der Waals surface area (Å²) in [4.78, 5) is 24.9. The molecule has 0 unspecified atom stereocenters. The number of carbonyl (C=O) groups excluding carboxylic acids is 2. The molecule has 1 atom stereocenters. The first kappa shape index (κ1) is 19.3. The molecule has 0 fully saturated rings. The molecule has 1 aliphatic rings. The number of hydrogen-bond donors (Lipinski definition) is 1. The first-order valence-electron chi connectivity index (χ1n) is 8.94. The van der Waals surface area contributed by atoms with Crippen molar-refractivity contribution in [1.82, 2.24) is 5.43 Å². The van der Waals surface area contributed by atoms with Crippen molar-refractivity contribution in [3.05, 3.63) is 69.7 Å². The molecule has 0 bridgehead atoms. The van der Waals surface area contributed by atoms with Crippen LogP contribution in [-0.2, 0) is 22.4 Å². The van der Waals surface area contributed by atoms with Gasteiger partial charge in [0, 0.05) is 16.5 Å². The molecule has 0 saturated heterocycles. The maximum atomic E-state index is 12.7. The smallest absolute Gasteiger partial charge is 0.354 e. The van der Waals surface area contributed by atoms with Crippen molar-refractivity contribution in [3.63, 3.8) is 0 Å². The van der Waals surface area contributed by atoms with Crippen LogP contribution < -0.4 is 5.43 Å². The van der Waals surface area contributed by atoms with Gasteiger partial charge in [-0.15, -0.1) is 0 Å². The molecule has 140 valence electrons. The molecular weight excluding hydrogens is 408 g/mol. The van der Waals surface area contributed by atoms with Crippen LogP contribution in [0, 0.1) is 0 Å². The summed E-state index contributed by atoms with van der Waals surface area (Å²) in [7, 11) is 0. The molecule has 0 heterocycles. The van der Waals surface area contributed by atoms with Crippen LogP contribution in [0.5, 0.6) is 0 Å². The number of aryl methyl sites for hydroxylation is 1. The quantitative estimate of drug-likeness (QED) is 0.432. The Bertz CT molecular complexity index is 862. The molecule has 1 N–H and O–H groups in total. The van der Waals surface area contributed by atoms with Crippen molar-refractivity contribution in [2.24, 2.45) is 5.10 Å². The number of carbonyl (C=O) groups is 2. The number of benzene rings is 2. The summed E-state index contributed by atoms with van der Waals surface area (Å²) >= 11 is 3.40. The van der Waals surface area contributed by atoms with E-state index in [4.69, 9.17) is 4.74 Å². The number of fused-ring (bicyclic) bond motifs is 1. The van der Waals surface area contributed by atoms with E-state index in [1.54, 1.807) is 6.92 Å². The largest absolute Gasteiger partial charge is 0.461 e. The van der Waals surface area contributed by atoms with E-state index in [2.05, 4.69) is 26.5 Å². The molecule has 3 rings (SSSR count). The lowest BCUT2D eigenvalue weighted by molar-refractivity contribution is -0.135. The fourth-order valence-electron chi connectivity index (χ4n) is 3.04. The number of ether oxygens (including phenoxy) is 1. The van der Waals surface area contributed by atoms with Gasteiger partial charge in [-0.2, -0.15) is 5.10 Å². The average Bonchev–Trinajstić information content (AvgIpc) is 2.68. The van der Waals surface area contributed by atoms with Crippen LogP contribution in [0.25, 0.3) is 0 Å². The van der Waals surface area contributed by atoms with E-state index in [0.29, 0.717) is 12.8 Å². The zero-order valence-corrected chi connectivity index (χ0v) is 16.7. The second-order valence-electron chi connectivity index (χ2n) is 6.32. The summed E-state index contributed by atoms with van der Waals surface area (Å²) < 4.78 is 6.08. The highest BCUT2D eigenvalue weighted by Gasteiger charge is 2.27. The Kier molecular flexibility index (Phi) is 6.40. The Labute approximate surface area is 166 Å². The standard InChI is InChI=1S/C21H21BrN2O3/c1-2-27-21(26)19(13-14-7-10-16(22)11-8-14)24-23-18-12-9-15-5-3-4-6-17(15)20(18)25/h3-8,10-11,18,23H,2,9,12-13H2,1H3/b24-19-/t18-/m1/s1. The number of nitrogens with zero attached hydrogens (tertiary/aromatic N) is 1. The molecule has 27 heavy (non-hydrogen) atoms. The van der Waals surface area contributed by atoms with E-state index in [-0.39, 0.29) is 18.1 Å². The highest BCUT2D eigenvalue weighted by atomic mass is 79.9. The third kappa shape index (κ3) is 4.83. The molecule has 0 spiro atoms. The van der Waals surface area contributed by atoms with Gasteiger partial charge in [0.2, 0.25) is 0 Å². The maximum Gasteiger partial charge on any atom is 0.354 e. The Balaban J connectivity index is 1.76. The lowest BCUT2D eigenvalue weighted by Gasteiger charge is -2.23. The van der Waals surface area contributed by atoms with Crippen molar-refractivity contribution >= 4 is 33.4 Å². The minimum absolute atomic E-state index is 0.00690. The first-order valence-corrected chi connectivity index (χ1v) is 9.73. The monoisotopic (exact) mass is 428 g/mol. The van der Waals surface area contributed by atoms with Gasteiger partial charge in [-0.3, -0.25) is 10.2 Å². The fraction of sp³-hybridized carbons (Fsp3) is 0.286. The second-order valence-corrected chi connectivity index (χ2v) is 7.24. The molecule has 0 saturated carbocycles. The number of nitrogens with one attached hydrogen (secondary N) is 1. The number of ketones is 1. The zero-order chi connectivity index (χ0) is 19.2. The summed E-state index contributed by atoms with van der Waals surface area (Å²) in [6.07, 6.45) is 1.78. The van der Waals surface area contributed by atoms with Crippen LogP contribution in [-0.4, -0.2) is 30.1 Å². The summed E-state index contributed by atoms with van der Waals surface area (Å²) in [6.45, 7) is 2.03. The molecule has 5 nitrogen and oxygen atoms in total. The average molecular weight is 429 g/mol. The Morgan fingerprint density at radius 1 is 1.22 bits per heavy atom. The lowest BCUT2D eigenvalue weighted by Crippen LogP contribution is -2.39. The van der Waals surface area contributed by atoms with Crippen molar-refractivity contribution in [1.29, 1.82) is 0 Å². The topological polar surface area (TPSA) is 67.8 Å². The number of halogens is 1. The van der Waals surface area contributed by atoms with Gasteiger partial charge in [-0.05, 0) is 43.0 Å². The number of hydrazone groups is 1. The van der Waals surface area contributed by atoms with Crippen LogP contribution in [0.3, 0.4) is 0 Å². The molecule has 1 aliphatic carbocycles. The van der Waals surface area contributed by atoms with Gasteiger partial charge in [-0.25, -0.2) is 4.79 Å². The van der Waals surface area contributed by atoms with Gasteiger partial charge in [0.05, 0.1) is 6.61 Å². The van der Waals surface area contributed by atoms with Gasteiger partial charge in [0.1, 0.15) is 11.8 Å². The van der Waals surface area contributed by atoms with E-state index >= 15 is 0 Å². The van der Waals surface area contributed by atoms with E-state index in [9.17, 15) is 9.59 Å². The molecular formula is C21H21BrN2O3. The number of Topliss-reactive ketones (excluding diaryl/α,β-unsaturated/α-hetero) is 1. The lowest BCUT2D eigenvalue weighted by atomic mass is 9.87. The minimum Gasteiger partial charge on any atom is -0.461 e. The van der Waals surface area contributed by atoms with Crippen LogP contribution >= 0.6 is 15.9 Å². The predicted molar refractivity (Wildman–Crippen MR) is 108 cm³/mol. The Morgan fingerprint density at radius 3 is 2.70 bits per heavy atom. The summed E-state index contributed by atoms with van der Waals surface area (Å²) in [5.74, 6) is -0.468. The van der Waals surface area contributed by atoms with Crippen LogP contribution in [0.1, 0.15) is 34.8 Å². The molecule has 0 amide bonds. The second kappa shape index (κ2) is 8.95. The van der Waals surface area contributed by atoms with Crippen LogP contribution in [0.4, 0.5) is 0 Å². The normalized spacial score (nSPS) is 16.6. The van der Waals surface area contributed by atoms with Gasteiger partial charge >= 0.3 is 5.97 Å². The van der Waals surface area contributed by atoms with Gasteiger partial charge in [-0.1, -0.05) is 52.3 Å². The van der Waals surface area contributed by atoms with E-state index in [1.165, 1.54) is 0 Å². The minimum atomic E-state index is -0.475. The fourth-order valence-corrected chi connectivity index (χ4v) is 3.31. The van der Waals surface area contributed by atoms with E-state index in [1.807, 2.05) is 48.5 Å². The highest BCUT2D eigenvalue weighted by molar-refractivity contribution is 9.10. The van der Waals surface area contributed by atoms with Gasteiger partial charge < -0.3 is 4.74 Å². The number of hydrogen-bond acceptors (Lipinski definition) is 5. The van der Waals surface area contributed by atoms with Crippen molar-refractivity contribution < 1.29 is 14.3 Å². The summed E-state index contributed by atoms with van der Waals surface area (Å²) in [5.41, 5.74) is 5.89. The van der Waals surface area contributed by atoms with Crippen LogP contribution in [0.15, 0.2) is 58.1 Å². The Morgan fingerprint density at radius 2 is 1.96 bits per heavy atom. The van der Waals surface area contributed by atoms with Gasteiger partial charge in [0.15, 0.2) is 5.78 Å². The Hall–Kier alpha value is -2.47. The molecule has 6 heteroatoms. The molecule has 2 aromatic carbocycles. The molecule has 0 radical (unpaired) electrons. The van der Waals surface area contributed by atoms with Crippen molar-refractivity contribution in [2.45, 2.75) is 32.2 Å². The first-order chi connectivity index (χ1) is 13.1. The SMILES string of the molecule is CCOC(=O)/C(Cc1ccc(Br)cc1)=N\N[C@@H]1CCc2ccccc2C1=O. The molecule has 2 aromatic rings. The predicted octanol–water partition coefficient (Wildman–Crippen LogP) is 3.70.